The van der Waals surface area contributed by atoms with Gasteiger partial charge in [-0.05, 0) is 36.2 Å². The Labute approximate surface area is 141 Å². The van der Waals surface area contributed by atoms with Crippen LogP contribution in [0.1, 0.15) is 35.3 Å². The molecule has 1 aromatic carbocycles. The van der Waals surface area contributed by atoms with Crippen molar-refractivity contribution in [2.75, 3.05) is 13.4 Å². The number of hydrogen-bond donors (Lipinski definition) is 1. The molecular formula is C17H20N2O4S. The molecule has 1 atom stereocenters. The topological polar surface area (TPSA) is 85.4 Å². The molecule has 1 amide bonds. The lowest BCUT2D eigenvalue weighted by Crippen LogP contribution is -2.28. The SMILES string of the molecule is CC[C@H](NC(=O)c1ccncc1)c1ccc(OC)c(S(C)(=O)=O)c1. The van der Waals surface area contributed by atoms with Gasteiger partial charge in [-0.2, -0.15) is 0 Å². The minimum Gasteiger partial charge on any atom is -0.495 e. The molecule has 0 radical (unpaired) electrons. The van der Waals surface area contributed by atoms with E-state index in [0.29, 0.717) is 17.5 Å². The minimum atomic E-state index is -3.44. The minimum absolute atomic E-state index is 0.110. The predicted molar refractivity (Wildman–Crippen MR) is 90.8 cm³/mol. The molecule has 0 aliphatic carbocycles. The van der Waals surface area contributed by atoms with Gasteiger partial charge in [-0.25, -0.2) is 8.42 Å². The summed E-state index contributed by atoms with van der Waals surface area (Å²) in [6.45, 7) is 1.92. The van der Waals surface area contributed by atoms with Crippen molar-refractivity contribution in [3.05, 3.63) is 53.9 Å². The Morgan fingerprint density at radius 1 is 1.25 bits per heavy atom. The largest absolute Gasteiger partial charge is 0.495 e. The normalized spacial score (nSPS) is 12.5. The van der Waals surface area contributed by atoms with Crippen LogP contribution in [0.2, 0.25) is 0 Å². The molecule has 0 spiro atoms. The van der Waals surface area contributed by atoms with Crippen LogP contribution in [0.15, 0.2) is 47.6 Å². The number of pyridine rings is 1. The van der Waals surface area contributed by atoms with Gasteiger partial charge in [-0.15, -0.1) is 0 Å². The maximum Gasteiger partial charge on any atom is 0.251 e. The molecule has 1 N–H and O–H groups in total. The molecular weight excluding hydrogens is 328 g/mol. The van der Waals surface area contributed by atoms with Crippen LogP contribution in [0.3, 0.4) is 0 Å². The maximum atomic E-state index is 12.3. The summed E-state index contributed by atoms with van der Waals surface area (Å²) in [6, 6.07) is 7.85. The van der Waals surface area contributed by atoms with E-state index in [4.69, 9.17) is 4.74 Å². The van der Waals surface area contributed by atoms with Crippen molar-refractivity contribution in [1.29, 1.82) is 0 Å². The third-order valence-corrected chi connectivity index (χ3v) is 4.76. The number of ether oxygens (including phenoxy) is 1. The average Bonchev–Trinajstić information content (AvgIpc) is 2.59. The van der Waals surface area contributed by atoms with E-state index >= 15 is 0 Å². The van der Waals surface area contributed by atoms with Gasteiger partial charge in [0, 0.05) is 24.2 Å². The molecule has 0 saturated carbocycles. The Morgan fingerprint density at radius 3 is 2.46 bits per heavy atom. The number of nitrogens with zero attached hydrogens (tertiary/aromatic N) is 1. The van der Waals surface area contributed by atoms with Crippen molar-refractivity contribution in [3.63, 3.8) is 0 Å². The molecule has 7 heteroatoms. The number of carbonyl (C=O) groups is 1. The van der Waals surface area contributed by atoms with E-state index in [1.165, 1.54) is 7.11 Å². The molecule has 2 aromatic rings. The number of hydrogen-bond acceptors (Lipinski definition) is 5. The first-order valence-corrected chi connectivity index (χ1v) is 9.34. The van der Waals surface area contributed by atoms with Gasteiger partial charge in [0.2, 0.25) is 0 Å². The summed E-state index contributed by atoms with van der Waals surface area (Å²) >= 11 is 0. The standard InChI is InChI=1S/C17H20N2O4S/c1-4-14(19-17(20)12-7-9-18-10-8-12)13-5-6-15(23-2)16(11-13)24(3,21)22/h5-11,14H,4H2,1-3H3,(H,19,20)/t14-/m0/s1. The molecule has 0 bridgehead atoms. The summed E-state index contributed by atoms with van der Waals surface area (Å²) in [5.41, 5.74) is 1.21. The zero-order valence-corrected chi connectivity index (χ0v) is 14.6. The van der Waals surface area contributed by atoms with E-state index in [-0.39, 0.29) is 22.6 Å². The Bertz CT molecular complexity index is 820. The van der Waals surface area contributed by atoms with Gasteiger partial charge >= 0.3 is 0 Å². The highest BCUT2D eigenvalue weighted by Crippen LogP contribution is 2.28. The van der Waals surface area contributed by atoms with Crippen LogP contribution in [0, 0.1) is 0 Å². The quantitative estimate of drug-likeness (QED) is 0.866. The van der Waals surface area contributed by atoms with Gasteiger partial charge < -0.3 is 10.1 Å². The first-order valence-electron chi connectivity index (χ1n) is 7.45. The van der Waals surface area contributed by atoms with Crippen molar-refractivity contribution in [1.82, 2.24) is 10.3 Å². The van der Waals surface area contributed by atoms with Gasteiger partial charge in [-0.1, -0.05) is 13.0 Å². The zero-order chi connectivity index (χ0) is 17.7. The van der Waals surface area contributed by atoms with E-state index in [9.17, 15) is 13.2 Å². The highest BCUT2D eigenvalue weighted by Gasteiger charge is 2.19. The van der Waals surface area contributed by atoms with Crippen molar-refractivity contribution in [3.8, 4) is 5.75 Å². The lowest BCUT2D eigenvalue weighted by molar-refractivity contribution is 0.0935. The Hall–Kier alpha value is -2.41. The number of sulfone groups is 1. The lowest BCUT2D eigenvalue weighted by atomic mass is 10.0. The van der Waals surface area contributed by atoms with Gasteiger partial charge in [0.1, 0.15) is 10.6 Å². The van der Waals surface area contributed by atoms with Gasteiger partial charge in [0.25, 0.3) is 5.91 Å². The number of aromatic nitrogens is 1. The summed E-state index contributed by atoms with van der Waals surface area (Å²) in [4.78, 5) is 16.3. The van der Waals surface area contributed by atoms with E-state index in [1.807, 2.05) is 6.92 Å². The summed E-state index contributed by atoms with van der Waals surface area (Å²) in [5.74, 6) is 0.0533. The third kappa shape index (κ3) is 4.11. The highest BCUT2D eigenvalue weighted by atomic mass is 32.2. The van der Waals surface area contributed by atoms with Crippen LogP contribution in [0.4, 0.5) is 0 Å². The number of methoxy groups -OCH3 is 1. The fourth-order valence-corrected chi connectivity index (χ4v) is 3.23. The van der Waals surface area contributed by atoms with Crippen LogP contribution in [-0.4, -0.2) is 32.7 Å². The van der Waals surface area contributed by atoms with E-state index in [2.05, 4.69) is 10.3 Å². The molecule has 0 aliphatic rings. The van der Waals surface area contributed by atoms with Gasteiger partial charge in [0.05, 0.1) is 13.2 Å². The number of carbonyl (C=O) groups excluding carboxylic acids is 1. The molecule has 1 heterocycles. The van der Waals surface area contributed by atoms with Crippen LogP contribution in [-0.2, 0) is 9.84 Å². The van der Waals surface area contributed by atoms with Crippen molar-refractivity contribution in [2.45, 2.75) is 24.3 Å². The first-order chi connectivity index (χ1) is 11.4. The second-order valence-corrected chi connectivity index (χ2v) is 7.34. The maximum absolute atomic E-state index is 12.3. The summed E-state index contributed by atoms with van der Waals surface area (Å²) in [6.07, 6.45) is 4.84. The van der Waals surface area contributed by atoms with Crippen LogP contribution in [0.25, 0.3) is 0 Å². The second-order valence-electron chi connectivity index (χ2n) is 5.35. The van der Waals surface area contributed by atoms with Crippen molar-refractivity contribution in [2.24, 2.45) is 0 Å². The molecule has 128 valence electrons. The molecule has 24 heavy (non-hydrogen) atoms. The Kier molecular flexibility index (Phi) is 5.56. The van der Waals surface area contributed by atoms with Crippen LogP contribution >= 0.6 is 0 Å². The smallest absolute Gasteiger partial charge is 0.251 e. The van der Waals surface area contributed by atoms with E-state index in [1.54, 1.807) is 42.7 Å². The molecule has 1 aromatic heterocycles. The molecule has 2 rings (SSSR count). The fraction of sp³-hybridized carbons (Fsp3) is 0.294. The molecule has 6 nitrogen and oxygen atoms in total. The Morgan fingerprint density at radius 2 is 1.92 bits per heavy atom. The second kappa shape index (κ2) is 7.44. The number of rotatable bonds is 6. The molecule has 0 aliphatic heterocycles. The van der Waals surface area contributed by atoms with Crippen LogP contribution < -0.4 is 10.1 Å². The average molecular weight is 348 g/mol. The van der Waals surface area contributed by atoms with Crippen molar-refractivity contribution < 1.29 is 17.9 Å². The summed E-state index contributed by atoms with van der Waals surface area (Å²) in [5, 5.41) is 2.91. The summed E-state index contributed by atoms with van der Waals surface area (Å²) in [7, 11) is -2.01. The third-order valence-electron chi connectivity index (χ3n) is 3.65. The first kappa shape index (κ1) is 17.9. The Balaban J connectivity index is 2.33. The number of amides is 1. The zero-order valence-electron chi connectivity index (χ0n) is 13.8. The fourth-order valence-electron chi connectivity index (χ4n) is 2.37. The van der Waals surface area contributed by atoms with E-state index in [0.717, 1.165) is 6.26 Å². The number of nitrogens with one attached hydrogen (secondary N) is 1. The molecule has 0 unspecified atom stereocenters. The molecule has 0 saturated heterocycles. The van der Waals surface area contributed by atoms with E-state index < -0.39 is 9.84 Å². The summed E-state index contributed by atoms with van der Waals surface area (Å²) < 4.78 is 29.0. The molecule has 0 fully saturated rings. The monoisotopic (exact) mass is 348 g/mol. The van der Waals surface area contributed by atoms with Crippen molar-refractivity contribution >= 4 is 15.7 Å². The predicted octanol–water partition coefficient (Wildman–Crippen LogP) is 2.37. The number of benzene rings is 1. The highest BCUT2D eigenvalue weighted by molar-refractivity contribution is 7.90. The van der Waals surface area contributed by atoms with Gasteiger partial charge in [0.15, 0.2) is 9.84 Å². The lowest BCUT2D eigenvalue weighted by Gasteiger charge is -2.19. The van der Waals surface area contributed by atoms with Gasteiger partial charge in [-0.3, -0.25) is 9.78 Å². The van der Waals surface area contributed by atoms with Crippen LogP contribution in [0.5, 0.6) is 5.75 Å².